The molecule has 0 fully saturated rings. The molecule has 3 aromatic rings. The average Bonchev–Trinajstić information content (AvgIpc) is 3.19. The Morgan fingerprint density at radius 3 is 2.86 bits per heavy atom. The maximum absolute atomic E-state index is 12.0. The van der Waals surface area contributed by atoms with Crippen LogP contribution in [-0.4, -0.2) is 26.1 Å². The highest BCUT2D eigenvalue weighted by atomic mass is 32.1. The van der Waals surface area contributed by atoms with Gasteiger partial charge >= 0.3 is 5.97 Å². The Hall–Kier alpha value is -2.61. The number of aryl methyl sites for hydroxylation is 1. The van der Waals surface area contributed by atoms with Gasteiger partial charge in [-0.25, -0.2) is 9.78 Å². The van der Waals surface area contributed by atoms with E-state index in [4.69, 9.17) is 9.15 Å². The number of hydrogen-bond donors (Lipinski definition) is 0. The average molecular weight is 316 g/mol. The lowest BCUT2D eigenvalue weighted by atomic mass is 10.4. The van der Waals surface area contributed by atoms with Crippen LogP contribution in [0.1, 0.15) is 35.1 Å². The zero-order chi connectivity index (χ0) is 15.5. The molecule has 0 bridgehead atoms. The number of esters is 1. The van der Waals surface area contributed by atoms with Gasteiger partial charge in [0, 0.05) is 6.20 Å². The van der Waals surface area contributed by atoms with E-state index < -0.39 is 12.1 Å². The number of carbonyl (C=O) groups excluding carboxylic acids is 1. The van der Waals surface area contributed by atoms with E-state index in [9.17, 15) is 4.79 Å². The van der Waals surface area contributed by atoms with E-state index in [1.807, 2.05) is 17.5 Å². The van der Waals surface area contributed by atoms with Gasteiger partial charge in [0.2, 0.25) is 0 Å². The summed E-state index contributed by atoms with van der Waals surface area (Å²) in [6, 6.07) is 3.77. The predicted molar refractivity (Wildman–Crippen MR) is 78.2 cm³/mol. The molecule has 0 saturated carbocycles. The molecule has 0 unspecified atom stereocenters. The molecule has 0 radical (unpaired) electrons. The van der Waals surface area contributed by atoms with E-state index in [0.29, 0.717) is 5.89 Å². The van der Waals surface area contributed by atoms with Crippen LogP contribution in [-0.2, 0) is 4.74 Å². The summed E-state index contributed by atoms with van der Waals surface area (Å²) >= 11 is 1.49. The van der Waals surface area contributed by atoms with Gasteiger partial charge in [0.05, 0.1) is 16.8 Å². The van der Waals surface area contributed by atoms with Crippen LogP contribution in [0.25, 0.3) is 10.8 Å². The molecule has 1 atom stereocenters. The second-order valence-electron chi connectivity index (χ2n) is 4.51. The number of nitrogens with zero attached hydrogens (tertiary/aromatic N) is 4. The molecule has 8 heteroatoms. The first kappa shape index (κ1) is 14.3. The van der Waals surface area contributed by atoms with Crippen LogP contribution < -0.4 is 0 Å². The largest absolute Gasteiger partial charge is 0.448 e. The van der Waals surface area contributed by atoms with E-state index in [1.165, 1.54) is 23.7 Å². The summed E-state index contributed by atoms with van der Waals surface area (Å²) in [5.41, 5.74) is 0.859. The summed E-state index contributed by atoms with van der Waals surface area (Å²) in [6.07, 6.45) is 2.20. The summed E-state index contributed by atoms with van der Waals surface area (Å²) in [4.78, 5) is 20.8. The van der Waals surface area contributed by atoms with Crippen molar-refractivity contribution in [1.29, 1.82) is 0 Å². The highest BCUT2D eigenvalue weighted by Gasteiger charge is 2.21. The number of thiophene rings is 1. The van der Waals surface area contributed by atoms with Crippen molar-refractivity contribution in [3.63, 3.8) is 0 Å². The Kier molecular flexibility index (Phi) is 3.92. The Morgan fingerprint density at radius 2 is 2.18 bits per heavy atom. The van der Waals surface area contributed by atoms with Crippen molar-refractivity contribution in [3.05, 3.63) is 47.2 Å². The molecule has 22 heavy (non-hydrogen) atoms. The molecular formula is C14H12N4O3S. The Labute approximate surface area is 130 Å². The van der Waals surface area contributed by atoms with Crippen molar-refractivity contribution in [1.82, 2.24) is 20.2 Å². The van der Waals surface area contributed by atoms with Gasteiger partial charge in [-0.3, -0.25) is 4.98 Å². The Bertz CT molecular complexity index is 768. The fourth-order valence-electron chi connectivity index (χ4n) is 1.67. The Morgan fingerprint density at radius 1 is 1.32 bits per heavy atom. The first-order valence-electron chi connectivity index (χ1n) is 6.50. The number of hydrogen-bond acceptors (Lipinski definition) is 8. The van der Waals surface area contributed by atoms with Gasteiger partial charge in [-0.2, -0.15) is 0 Å². The summed E-state index contributed by atoms with van der Waals surface area (Å²) in [7, 11) is 0. The van der Waals surface area contributed by atoms with Crippen LogP contribution in [0.2, 0.25) is 0 Å². The number of aromatic nitrogens is 4. The molecule has 7 nitrogen and oxygen atoms in total. The van der Waals surface area contributed by atoms with E-state index in [0.717, 1.165) is 10.6 Å². The molecule has 112 valence electrons. The summed E-state index contributed by atoms with van der Waals surface area (Å²) in [6.45, 7) is 3.44. The lowest BCUT2D eigenvalue weighted by Gasteiger charge is -2.08. The normalized spacial score (nSPS) is 12.1. The zero-order valence-electron chi connectivity index (χ0n) is 11.9. The van der Waals surface area contributed by atoms with Crippen LogP contribution >= 0.6 is 11.3 Å². The SMILES string of the molecule is Cc1cnc(C(=O)O[C@H](C)c2nnc(-c3cccs3)o2)cn1. The third kappa shape index (κ3) is 3.01. The topological polar surface area (TPSA) is 91.0 Å². The highest BCUT2D eigenvalue weighted by Crippen LogP contribution is 2.26. The van der Waals surface area contributed by atoms with E-state index >= 15 is 0 Å². The van der Waals surface area contributed by atoms with Gasteiger partial charge < -0.3 is 9.15 Å². The molecule has 3 heterocycles. The summed E-state index contributed by atoms with van der Waals surface area (Å²) in [5.74, 6) is 0.0516. The summed E-state index contributed by atoms with van der Waals surface area (Å²) < 4.78 is 10.8. The lowest BCUT2D eigenvalue weighted by Crippen LogP contribution is -2.11. The molecule has 0 saturated heterocycles. The maximum atomic E-state index is 12.0. The smallest absolute Gasteiger partial charge is 0.359 e. The van der Waals surface area contributed by atoms with Crippen LogP contribution in [0.5, 0.6) is 0 Å². The summed E-state index contributed by atoms with van der Waals surface area (Å²) in [5, 5.41) is 9.77. The van der Waals surface area contributed by atoms with Crippen molar-refractivity contribution < 1.29 is 13.9 Å². The zero-order valence-corrected chi connectivity index (χ0v) is 12.7. The monoisotopic (exact) mass is 316 g/mol. The quantitative estimate of drug-likeness (QED) is 0.683. The van der Waals surface area contributed by atoms with E-state index in [2.05, 4.69) is 20.2 Å². The second kappa shape index (κ2) is 6.02. The van der Waals surface area contributed by atoms with E-state index in [-0.39, 0.29) is 11.6 Å². The van der Waals surface area contributed by atoms with Gasteiger partial charge in [-0.05, 0) is 25.3 Å². The maximum Gasteiger partial charge on any atom is 0.359 e. The van der Waals surface area contributed by atoms with Crippen LogP contribution in [0.4, 0.5) is 0 Å². The van der Waals surface area contributed by atoms with Gasteiger partial charge in [0.1, 0.15) is 0 Å². The molecule has 0 aromatic carbocycles. The van der Waals surface area contributed by atoms with Crippen LogP contribution in [0.3, 0.4) is 0 Å². The molecule has 0 aliphatic heterocycles. The predicted octanol–water partition coefficient (Wildman–Crippen LogP) is 2.81. The highest BCUT2D eigenvalue weighted by molar-refractivity contribution is 7.13. The lowest BCUT2D eigenvalue weighted by molar-refractivity contribution is 0.0272. The molecule has 0 aliphatic rings. The fraction of sp³-hybridized carbons (Fsp3) is 0.214. The fourth-order valence-corrected chi connectivity index (χ4v) is 2.31. The van der Waals surface area contributed by atoms with Crippen LogP contribution in [0, 0.1) is 6.92 Å². The molecule has 0 aliphatic carbocycles. The molecule has 0 N–H and O–H groups in total. The third-order valence-electron chi connectivity index (χ3n) is 2.79. The van der Waals surface area contributed by atoms with Gasteiger partial charge in [0.15, 0.2) is 11.8 Å². The van der Waals surface area contributed by atoms with Gasteiger partial charge in [-0.1, -0.05) is 6.07 Å². The van der Waals surface area contributed by atoms with Crippen molar-refractivity contribution in [2.75, 3.05) is 0 Å². The van der Waals surface area contributed by atoms with Crippen molar-refractivity contribution >= 4 is 17.3 Å². The van der Waals surface area contributed by atoms with Gasteiger partial charge in [0.25, 0.3) is 11.8 Å². The number of rotatable bonds is 4. The molecule has 3 rings (SSSR count). The first-order chi connectivity index (χ1) is 10.6. The second-order valence-corrected chi connectivity index (χ2v) is 5.46. The number of ether oxygens (including phenoxy) is 1. The molecular weight excluding hydrogens is 304 g/mol. The Balaban J connectivity index is 1.70. The van der Waals surface area contributed by atoms with Crippen molar-refractivity contribution in [2.24, 2.45) is 0 Å². The minimum Gasteiger partial charge on any atom is -0.448 e. The third-order valence-corrected chi connectivity index (χ3v) is 3.65. The molecule has 0 spiro atoms. The minimum atomic E-state index is -0.670. The van der Waals surface area contributed by atoms with Crippen LogP contribution in [0.15, 0.2) is 34.3 Å². The van der Waals surface area contributed by atoms with E-state index in [1.54, 1.807) is 13.8 Å². The van der Waals surface area contributed by atoms with Gasteiger partial charge in [-0.15, -0.1) is 21.5 Å². The van der Waals surface area contributed by atoms with Crippen molar-refractivity contribution in [2.45, 2.75) is 20.0 Å². The van der Waals surface area contributed by atoms with Crippen molar-refractivity contribution in [3.8, 4) is 10.8 Å². The standard InChI is InChI=1S/C14H12N4O3S/c1-8-6-16-10(7-15-8)14(19)20-9(2)12-17-18-13(21-12)11-4-3-5-22-11/h3-7,9H,1-2H3/t9-/m1/s1. The minimum absolute atomic E-state index is 0.135. The first-order valence-corrected chi connectivity index (χ1v) is 7.38. The molecule has 3 aromatic heterocycles. The molecule has 0 amide bonds. The number of carbonyl (C=O) groups is 1.